The summed E-state index contributed by atoms with van der Waals surface area (Å²) >= 11 is 11.0. The number of hydrogen-bond acceptors (Lipinski definition) is 3. The zero-order valence-corrected chi connectivity index (χ0v) is 13.3. The van der Waals surface area contributed by atoms with Crippen molar-refractivity contribution in [1.29, 1.82) is 0 Å². The molecule has 0 aromatic heterocycles. The van der Waals surface area contributed by atoms with Crippen LogP contribution in [0, 0.1) is 0 Å². The van der Waals surface area contributed by atoms with E-state index in [4.69, 9.17) is 28.6 Å². The first kappa shape index (κ1) is 16.1. The average Bonchev–Trinajstić information content (AvgIpc) is 2.53. The van der Waals surface area contributed by atoms with E-state index in [-0.39, 0.29) is 11.0 Å². The first-order valence-corrected chi connectivity index (χ1v) is 7.14. The fourth-order valence-electron chi connectivity index (χ4n) is 1.72. The van der Waals surface area contributed by atoms with E-state index < -0.39 is 0 Å². The van der Waals surface area contributed by atoms with Gasteiger partial charge in [-0.15, -0.1) is 0 Å². The van der Waals surface area contributed by atoms with Gasteiger partial charge in [0.05, 0.1) is 12.7 Å². The molecule has 0 unspecified atom stereocenters. The van der Waals surface area contributed by atoms with Gasteiger partial charge in [-0.3, -0.25) is 15.6 Å². The maximum Gasteiger partial charge on any atom is 0.273 e. The van der Waals surface area contributed by atoms with Crippen LogP contribution in [0.15, 0.2) is 48.5 Å². The first-order valence-electron chi connectivity index (χ1n) is 6.36. The number of ether oxygens (including phenoxy) is 1. The molecular weight excluding hydrogens is 322 g/mol. The molecule has 0 aliphatic rings. The van der Waals surface area contributed by atoms with Gasteiger partial charge in [-0.2, -0.15) is 0 Å². The molecule has 0 aliphatic heterocycles. The molecule has 0 spiro atoms. The summed E-state index contributed by atoms with van der Waals surface area (Å²) in [5.41, 5.74) is 6.29. The van der Waals surface area contributed by atoms with E-state index in [9.17, 15) is 4.79 Å². The van der Waals surface area contributed by atoms with Crippen LogP contribution in [-0.2, 0) is 0 Å². The normalized spacial score (nSPS) is 9.73. The number of halogens is 1. The van der Waals surface area contributed by atoms with E-state index in [2.05, 4.69) is 16.2 Å². The van der Waals surface area contributed by atoms with Crippen molar-refractivity contribution in [3.8, 4) is 5.75 Å². The molecular formula is C15H14ClN3O2S. The highest BCUT2D eigenvalue weighted by atomic mass is 35.5. The maximum absolute atomic E-state index is 12.1. The second-order valence-corrected chi connectivity index (χ2v) is 5.09. The molecule has 0 atom stereocenters. The largest absolute Gasteiger partial charge is 0.496 e. The summed E-state index contributed by atoms with van der Waals surface area (Å²) in [5.74, 6) is -0.000495. The number of para-hydroxylation sites is 1. The molecule has 3 N–H and O–H groups in total. The fraction of sp³-hybridized carbons (Fsp3) is 0.0667. The SMILES string of the molecule is COc1cc(Cl)ccc1C(=O)NNC(=S)Nc1ccccc1. The highest BCUT2D eigenvalue weighted by Crippen LogP contribution is 2.22. The molecule has 0 fully saturated rings. The molecule has 5 nitrogen and oxygen atoms in total. The standard InChI is InChI=1S/C15H14ClN3O2S/c1-21-13-9-10(16)7-8-12(13)14(20)18-19-15(22)17-11-5-3-2-4-6-11/h2-9H,1H3,(H,18,20)(H2,17,19,22). The van der Waals surface area contributed by atoms with Gasteiger partial charge < -0.3 is 10.1 Å². The van der Waals surface area contributed by atoms with Gasteiger partial charge in [-0.1, -0.05) is 29.8 Å². The van der Waals surface area contributed by atoms with Gasteiger partial charge in [-0.05, 0) is 42.5 Å². The van der Waals surface area contributed by atoms with Crippen molar-refractivity contribution in [3.05, 3.63) is 59.1 Å². The van der Waals surface area contributed by atoms with Crippen molar-refractivity contribution in [2.45, 2.75) is 0 Å². The number of anilines is 1. The van der Waals surface area contributed by atoms with Crippen LogP contribution in [0.4, 0.5) is 5.69 Å². The predicted octanol–water partition coefficient (Wildman–Crippen LogP) is 2.98. The second kappa shape index (κ2) is 7.63. The van der Waals surface area contributed by atoms with Gasteiger partial charge in [0, 0.05) is 10.7 Å². The molecule has 2 aromatic rings. The Kier molecular flexibility index (Phi) is 5.57. The Labute approximate surface area is 138 Å². The summed E-state index contributed by atoms with van der Waals surface area (Å²) in [6.45, 7) is 0. The molecule has 22 heavy (non-hydrogen) atoms. The lowest BCUT2D eigenvalue weighted by molar-refractivity contribution is 0.0941. The summed E-state index contributed by atoms with van der Waals surface area (Å²) in [7, 11) is 1.47. The topological polar surface area (TPSA) is 62.4 Å². The molecule has 2 rings (SSSR count). The van der Waals surface area contributed by atoms with Crippen molar-refractivity contribution in [3.63, 3.8) is 0 Å². The number of carbonyl (C=O) groups is 1. The number of thiocarbonyl (C=S) groups is 1. The minimum Gasteiger partial charge on any atom is -0.496 e. The molecule has 114 valence electrons. The van der Waals surface area contributed by atoms with Gasteiger partial charge in [-0.25, -0.2) is 0 Å². The second-order valence-electron chi connectivity index (χ2n) is 4.24. The Hall–Kier alpha value is -2.31. The molecule has 1 amide bonds. The van der Waals surface area contributed by atoms with Crippen LogP contribution in [0.5, 0.6) is 5.75 Å². The van der Waals surface area contributed by atoms with Gasteiger partial charge in [0.1, 0.15) is 5.75 Å². The Morgan fingerprint density at radius 3 is 2.55 bits per heavy atom. The number of carbonyl (C=O) groups excluding carboxylic acids is 1. The number of rotatable bonds is 3. The predicted molar refractivity (Wildman–Crippen MR) is 91.3 cm³/mol. The minimum atomic E-state index is -0.384. The van der Waals surface area contributed by atoms with Crippen molar-refractivity contribution in [2.24, 2.45) is 0 Å². The molecule has 0 saturated heterocycles. The lowest BCUT2D eigenvalue weighted by atomic mass is 10.2. The van der Waals surface area contributed by atoms with E-state index >= 15 is 0 Å². The smallest absolute Gasteiger partial charge is 0.273 e. The molecule has 7 heteroatoms. The van der Waals surface area contributed by atoms with E-state index in [1.54, 1.807) is 18.2 Å². The lowest BCUT2D eigenvalue weighted by Gasteiger charge is -2.13. The van der Waals surface area contributed by atoms with Crippen LogP contribution in [0.2, 0.25) is 5.02 Å². The van der Waals surface area contributed by atoms with Gasteiger partial charge >= 0.3 is 0 Å². The Bertz CT molecular complexity index is 680. The minimum absolute atomic E-state index is 0.271. The molecule has 0 heterocycles. The van der Waals surface area contributed by atoms with E-state index in [0.29, 0.717) is 16.3 Å². The summed E-state index contributed by atoms with van der Waals surface area (Å²) < 4.78 is 5.13. The number of methoxy groups -OCH3 is 1. The quantitative estimate of drug-likeness (QED) is 0.594. The molecule has 0 saturated carbocycles. The lowest BCUT2D eigenvalue weighted by Crippen LogP contribution is -2.43. The molecule has 0 aliphatic carbocycles. The van der Waals surface area contributed by atoms with Crippen molar-refractivity contribution in [2.75, 3.05) is 12.4 Å². The van der Waals surface area contributed by atoms with E-state index in [0.717, 1.165) is 5.69 Å². The number of hydrogen-bond donors (Lipinski definition) is 3. The molecule has 0 radical (unpaired) electrons. The monoisotopic (exact) mass is 335 g/mol. The van der Waals surface area contributed by atoms with Crippen molar-refractivity contribution < 1.29 is 9.53 Å². The summed E-state index contributed by atoms with van der Waals surface area (Å²) in [5, 5.41) is 3.70. The Morgan fingerprint density at radius 2 is 1.86 bits per heavy atom. The van der Waals surface area contributed by atoms with Gasteiger partial charge in [0.15, 0.2) is 5.11 Å². The third-order valence-corrected chi connectivity index (χ3v) is 3.17. The average molecular weight is 336 g/mol. The summed E-state index contributed by atoms with van der Waals surface area (Å²) in [6, 6.07) is 14.1. The maximum atomic E-state index is 12.1. The number of amides is 1. The molecule has 2 aromatic carbocycles. The number of benzene rings is 2. The Morgan fingerprint density at radius 1 is 1.14 bits per heavy atom. The van der Waals surface area contributed by atoms with Crippen LogP contribution >= 0.6 is 23.8 Å². The van der Waals surface area contributed by atoms with Crippen LogP contribution in [0.25, 0.3) is 0 Å². The van der Waals surface area contributed by atoms with Crippen LogP contribution in [0.3, 0.4) is 0 Å². The molecule has 0 bridgehead atoms. The third-order valence-electron chi connectivity index (χ3n) is 2.73. The Balaban J connectivity index is 1.94. The highest BCUT2D eigenvalue weighted by Gasteiger charge is 2.12. The van der Waals surface area contributed by atoms with E-state index in [1.807, 2.05) is 30.3 Å². The van der Waals surface area contributed by atoms with E-state index in [1.165, 1.54) is 7.11 Å². The summed E-state index contributed by atoms with van der Waals surface area (Å²) in [6.07, 6.45) is 0. The zero-order valence-electron chi connectivity index (χ0n) is 11.7. The number of nitrogens with one attached hydrogen (secondary N) is 3. The highest BCUT2D eigenvalue weighted by molar-refractivity contribution is 7.80. The van der Waals surface area contributed by atoms with Gasteiger partial charge in [0.25, 0.3) is 5.91 Å². The van der Waals surface area contributed by atoms with Crippen LogP contribution < -0.4 is 20.9 Å². The van der Waals surface area contributed by atoms with Crippen molar-refractivity contribution >= 4 is 40.5 Å². The van der Waals surface area contributed by atoms with Gasteiger partial charge in [0.2, 0.25) is 0 Å². The zero-order chi connectivity index (χ0) is 15.9. The van der Waals surface area contributed by atoms with Crippen LogP contribution in [0.1, 0.15) is 10.4 Å². The number of hydrazine groups is 1. The summed E-state index contributed by atoms with van der Waals surface area (Å²) in [4.78, 5) is 12.1. The van der Waals surface area contributed by atoms with Crippen LogP contribution in [-0.4, -0.2) is 18.1 Å². The fourth-order valence-corrected chi connectivity index (χ4v) is 2.05. The van der Waals surface area contributed by atoms with Crippen molar-refractivity contribution in [1.82, 2.24) is 10.9 Å². The first-order chi connectivity index (χ1) is 10.6. The third kappa shape index (κ3) is 4.34.